The lowest BCUT2D eigenvalue weighted by molar-refractivity contribution is 0.550. The van der Waals surface area contributed by atoms with Gasteiger partial charge in [0.1, 0.15) is 10.7 Å². The van der Waals surface area contributed by atoms with E-state index in [0.717, 1.165) is 25.3 Å². The lowest BCUT2D eigenvalue weighted by Gasteiger charge is -2.10. The molecule has 0 bridgehead atoms. The fourth-order valence-electron chi connectivity index (χ4n) is 2.06. The van der Waals surface area contributed by atoms with Crippen molar-refractivity contribution < 1.29 is 12.8 Å². The van der Waals surface area contributed by atoms with E-state index in [9.17, 15) is 12.8 Å². The summed E-state index contributed by atoms with van der Waals surface area (Å²) >= 11 is 0. The van der Waals surface area contributed by atoms with E-state index in [1.54, 1.807) is 6.92 Å². The number of halogens is 1. The first-order valence-electron chi connectivity index (χ1n) is 7.43. The topological polar surface area (TPSA) is 72.2 Å². The van der Waals surface area contributed by atoms with Gasteiger partial charge in [-0.15, -0.1) is 0 Å². The van der Waals surface area contributed by atoms with E-state index in [-0.39, 0.29) is 10.6 Å². The van der Waals surface area contributed by atoms with Crippen LogP contribution in [0, 0.1) is 12.7 Å². The number of benzene rings is 1. The van der Waals surface area contributed by atoms with E-state index in [1.807, 2.05) is 0 Å². The Morgan fingerprint density at radius 2 is 1.76 bits per heavy atom. The second-order valence-electron chi connectivity index (χ2n) is 5.30. The Kier molecular flexibility index (Phi) is 7.11. The molecular weight excluding hydrogens is 291 g/mol. The van der Waals surface area contributed by atoms with E-state index in [2.05, 4.69) is 11.6 Å². The van der Waals surface area contributed by atoms with Crippen LogP contribution in [0.1, 0.15) is 51.0 Å². The number of hydrogen-bond acceptors (Lipinski definition) is 3. The molecule has 0 saturated carbocycles. The molecule has 3 N–H and O–H groups in total. The number of rotatable bonds is 9. The first-order valence-corrected chi connectivity index (χ1v) is 8.92. The Morgan fingerprint density at radius 1 is 1.14 bits per heavy atom. The molecule has 0 aromatic heterocycles. The van der Waals surface area contributed by atoms with Crippen molar-refractivity contribution in [2.45, 2.75) is 57.3 Å². The molecule has 0 amide bonds. The van der Waals surface area contributed by atoms with Gasteiger partial charge in [-0.2, -0.15) is 0 Å². The third-order valence-electron chi connectivity index (χ3n) is 3.43. The highest BCUT2D eigenvalue weighted by Gasteiger charge is 2.19. The standard InChI is InChI=1S/C15H25FN2O2S/c1-3-4-5-6-7-8-9-18-21(19,20)15-11-14(17)12(2)10-13(15)16/h10-11,18H,3-9,17H2,1-2H3. The van der Waals surface area contributed by atoms with Gasteiger partial charge in [0.25, 0.3) is 0 Å². The maximum absolute atomic E-state index is 13.8. The Labute approximate surface area is 127 Å². The summed E-state index contributed by atoms with van der Waals surface area (Å²) in [6.07, 6.45) is 6.39. The van der Waals surface area contributed by atoms with Gasteiger partial charge in [0, 0.05) is 12.2 Å². The minimum Gasteiger partial charge on any atom is -0.398 e. The number of nitrogens with two attached hydrogens (primary N) is 1. The van der Waals surface area contributed by atoms with Gasteiger partial charge in [0.15, 0.2) is 0 Å². The molecule has 1 aromatic carbocycles. The van der Waals surface area contributed by atoms with Crippen LogP contribution in [0.2, 0.25) is 0 Å². The zero-order valence-corrected chi connectivity index (χ0v) is 13.6. The molecule has 6 heteroatoms. The van der Waals surface area contributed by atoms with Crippen LogP contribution in [0.25, 0.3) is 0 Å². The summed E-state index contributed by atoms with van der Waals surface area (Å²) in [5.74, 6) is -0.767. The molecule has 120 valence electrons. The van der Waals surface area contributed by atoms with Gasteiger partial charge in [-0.25, -0.2) is 17.5 Å². The molecule has 1 aromatic rings. The molecule has 0 radical (unpaired) electrons. The quantitative estimate of drug-likeness (QED) is 0.542. The van der Waals surface area contributed by atoms with Crippen molar-refractivity contribution in [2.24, 2.45) is 0 Å². The zero-order valence-electron chi connectivity index (χ0n) is 12.8. The molecule has 0 aliphatic carbocycles. The highest BCUT2D eigenvalue weighted by Crippen LogP contribution is 2.21. The van der Waals surface area contributed by atoms with Crippen molar-refractivity contribution in [1.82, 2.24) is 4.72 Å². The number of nitrogens with one attached hydrogen (secondary N) is 1. The van der Waals surface area contributed by atoms with Crippen LogP contribution in [0.5, 0.6) is 0 Å². The Bertz CT molecular complexity index is 559. The monoisotopic (exact) mass is 316 g/mol. The molecule has 0 saturated heterocycles. The molecule has 0 fully saturated rings. The van der Waals surface area contributed by atoms with E-state index in [1.165, 1.54) is 25.3 Å². The summed E-state index contributed by atoms with van der Waals surface area (Å²) in [5, 5.41) is 0. The number of unbranched alkanes of at least 4 members (excludes halogenated alkanes) is 5. The number of anilines is 1. The van der Waals surface area contributed by atoms with E-state index in [4.69, 9.17) is 5.73 Å². The molecule has 1 rings (SSSR count). The predicted molar refractivity (Wildman–Crippen MR) is 84.1 cm³/mol. The number of aryl methyl sites for hydroxylation is 1. The third-order valence-corrected chi connectivity index (χ3v) is 4.91. The van der Waals surface area contributed by atoms with E-state index >= 15 is 0 Å². The van der Waals surface area contributed by atoms with Crippen molar-refractivity contribution in [1.29, 1.82) is 0 Å². The van der Waals surface area contributed by atoms with Crippen molar-refractivity contribution in [2.75, 3.05) is 12.3 Å². The predicted octanol–water partition coefficient (Wildman–Crippen LogP) is 3.36. The van der Waals surface area contributed by atoms with Crippen LogP contribution in [-0.4, -0.2) is 15.0 Å². The van der Waals surface area contributed by atoms with Crippen LogP contribution in [0.3, 0.4) is 0 Å². The van der Waals surface area contributed by atoms with Crippen LogP contribution >= 0.6 is 0 Å². The van der Waals surface area contributed by atoms with Gasteiger partial charge in [-0.05, 0) is 31.0 Å². The first kappa shape index (κ1) is 17.9. The highest BCUT2D eigenvalue weighted by atomic mass is 32.2. The molecule has 0 heterocycles. The van der Waals surface area contributed by atoms with Gasteiger partial charge in [-0.3, -0.25) is 0 Å². The maximum Gasteiger partial charge on any atom is 0.243 e. The summed E-state index contributed by atoms with van der Waals surface area (Å²) in [4.78, 5) is -0.378. The number of nitrogen functional groups attached to an aromatic ring is 1. The van der Waals surface area contributed by atoms with E-state index < -0.39 is 15.8 Å². The Hall–Kier alpha value is -1.14. The Balaban J connectivity index is 2.53. The molecule has 0 aliphatic rings. The average Bonchev–Trinajstić information content (AvgIpc) is 2.41. The fraction of sp³-hybridized carbons (Fsp3) is 0.600. The second-order valence-corrected chi connectivity index (χ2v) is 7.04. The van der Waals surface area contributed by atoms with Gasteiger partial charge < -0.3 is 5.73 Å². The van der Waals surface area contributed by atoms with E-state index in [0.29, 0.717) is 12.1 Å². The van der Waals surface area contributed by atoms with Crippen LogP contribution in [0.4, 0.5) is 10.1 Å². The van der Waals surface area contributed by atoms with Crippen molar-refractivity contribution in [3.05, 3.63) is 23.5 Å². The molecule has 21 heavy (non-hydrogen) atoms. The minimum atomic E-state index is -3.83. The van der Waals surface area contributed by atoms with Gasteiger partial charge in [0.05, 0.1) is 0 Å². The highest BCUT2D eigenvalue weighted by molar-refractivity contribution is 7.89. The first-order chi connectivity index (χ1) is 9.88. The fourth-order valence-corrected chi connectivity index (χ4v) is 3.23. The summed E-state index contributed by atoms with van der Waals surface area (Å²) in [6, 6.07) is 2.32. The van der Waals surface area contributed by atoms with Crippen molar-refractivity contribution >= 4 is 15.7 Å². The molecule has 0 unspecified atom stereocenters. The lowest BCUT2D eigenvalue weighted by atomic mass is 10.1. The molecule has 0 spiro atoms. The second kappa shape index (κ2) is 8.34. The zero-order chi connectivity index (χ0) is 15.9. The normalized spacial score (nSPS) is 11.8. The molecule has 0 aliphatic heterocycles. The van der Waals surface area contributed by atoms with Gasteiger partial charge in [-0.1, -0.05) is 39.0 Å². The number of hydrogen-bond donors (Lipinski definition) is 2. The summed E-state index contributed by atoms with van der Waals surface area (Å²) in [5.41, 5.74) is 6.45. The van der Waals surface area contributed by atoms with Crippen molar-refractivity contribution in [3.8, 4) is 0 Å². The average molecular weight is 316 g/mol. The van der Waals surface area contributed by atoms with Crippen molar-refractivity contribution in [3.63, 3.8) is 0 Å². The summed E-state index contributed by atoms with van der Waals surface area (Å²) in [6.45, 7) is 4.11. The minimum absolute atomic E-state index is 0.274. The SMILES string of the molecule is CCCCCCCCNS(=O)(=O)c1cc(N)c(C)cc1F. The summed E-state index contributed by atoms with van der Waals surface area (Å²) < 4.78 is 40.3. The Morgan fingerprint density at radius 3 is 2.43 bits per heavy atom. The smallest absolute Gasteiger partial charge is 0.243 e. The van der Waals surface area contributed by atoms with Crippen LogP contribution in [0.15, 0.2) is 17.0 Å². The van der Waals surface area contributed by atoms with Crippen LogP contribution < -0.4 is 10.5 Å². The third kappa shape index (κ3) is 5.63. The maximum atomic E-state index is 13.8. The van der Waals surface area contributed by atoms with Gasteiger partial charge >= 0.3 is 0 Å². The number of sulfonamides is 1. The van der Waals surface area contributed by atoms with Gasteiger partial charge in [0.2, 0.25) is 10.0 Å². The molecule has 0 atom stereocenters. The largest absolute Gasteiger partial charge is 0.398 e. The molecule has 4 nitrogen and oxygen atoms in total. The molecular formula is C15H25FN2O2S. The van der Waals surface area contributed by atoms with Crippen LogP contribution in [-0.2, 0) is 10.0 Å². The lowest BCUT2D eigenvalue weighted by Crippen LogP contribution is -2.26. The summed E-state index contributed by atoms with van der Waals surface area (Å²) in [7, 11) is -3.83.